The van der Waals surface area contributed by atoms with E-state index < -0.39 is 0 Å². The van der Waals surface area contributed by atoms with Gasteiger partial charge in [0.1, 0.15) is 0 Å². The maximum Gasteiger partial charge on any atom is 0.253 e. The van der Waals surface area contributed by atoms with Gasteiger partial charge >= 0.3 is 0 Å². The third-order valence-corrected chi connectivity index (χ3v) is 3.52. The van der Waals surface area contributed by atoms with Crippen LogP contribution in [-0.4, -0.2) is 24.7 Å². The van der Waals surface area contributed by atoms with Gasteiger partial charge in [0.05, 0.1) is 12.7 Å². The highest BCUT2D eigenvalue weighted by Crippen LogP contribution is 2.27. The molecule has 0 spiro atoms. The van der Waals surface area contributed by atoms with Crippen LogP contribution in [0.3, 0.4) is 0 Å². The number of ether oxygens (including phenoxy) is 1. The van der Waals surface area contributed by atoms with E-state index in [1.54, 1.807) is 30.3 Å². The van der Waals surface area contributed by atoms with Crippen LogP contribution in [-0.2, 0) is 6.54 Å². The molecule has 0 aliphatic carbocycles. The molecule has 0 unspecified atom stereocenters. The molecule has 0 heterocycles. The lowest BCUT2D eigenvalue weighted by atomic mass is 10.1. The molecular formula is C17H19ClN2O3. The molecule has 0 radical (unpaired) electrons. The Morgan fingerprint density at radius 3 is 2.70 bits per heavy atom. The average Bonchev–Trinajstić information content (AvgIpc) is 2.54. The van der Waals surface area contributed by atoms with Crippen molar-refractivity contribution in [2.45, 2.75) is 13.5 Å². The van der Waals surface area contributed by atoms with Crippen molar-refractivity contribution in [3.63, 3.8) is 0 Å². The normalized spacial score (nSPS) is 10.2. The van der Waals surface area contributed by atoms with E-state index in [9.17, 15) is 9.90 Å². The quantitative estimate of drug-likeness (QED) is 0.757. The fourth-order valence-electron chi connectivity index (χ4n) is 2.16. The maximum atomic E-state index is 12.1. The van der Waals surface area contributed by atoms with Crippen LogP contribution in [0.5, 0.6) is 11.5 Å². The van der Waals surface area contributed by atoms with Crippen molar-refractivity contribution in [3.8, 4) is 11.5 Å². The molecule has 23 heavy (non-hydrogen) atoms. The molecule has 0 aliphatic rings. The zero-order valence-electron chi connectivity index (χ0n) is 13.0. The first-order valence-electron chi connectivity index (χ1n) is 7.22. The number of amides is 1. The van der Waals surface area contributed by atoms with Crippen LogP contribution in [0.1, 0.15) is 22.8 Å². The first kappa shape index (κ1) is 17.0. The molecule has 0 bridgehead atoms. The lowest BCUT2D eigenvalue weighted by molar-refractivity contribution is 0.0956. The van der Waals surface area contributed by atoms with Crippen molar-refractivity contribution in [1.29, 1.82) is 0 Å². The molecule has 0 aromatic heterocycles. The van der Waals surface area contributed by atoms with E-state index in [0.29, 0.717) is 35.1 Å². The number of hydrogen-bond acceptors (Lipinski definition) is 4. The van der Waals surface area contributed by atoms with E-state index in [0.717, 1.165) is 5.56 Å². The number of phenolic OH excluding ortho intramolecular Hbond substituents is 1. The molecule has 0 atom stereocenters. The van der Waals surface area contributed by atoms with Gasteiger partial charge in [-0.05, 0) is 42.8 Å². The minimum absolute atomic E-state index is 0.0758. The number of halogens is 1. The predicted molar refractivity (Wildman–Crippen MR) is 91.4 cm³/mol. The number of hydrogen-bond donors (Lipinski definition) is 3. The van der Waals surface area contributed by atoms with Gasteiger partial charge in [-0.25, -0.2) is 0 Å². The van der Waals surface area contributed by atoms with Gasteiger partial charge in [-0.15, -0.1) is 0 Å². The zero-order valence-corrected chi connectivity index (χ0v) is 13.8. The third-order valence-electron chi connectivity index (χ3n) is 3.29. The van der Waals surface area contributed by atoms with E-state index in [1.807, 2.05) is 13.0 Å². The second-order valence-corrected chi connectivity index (χ2v) is 5.35. The fourth-order valence-corrected chi connectivity index (χ4v) is 2.33. The molecule has 5 nitrogen and oxygen atoms in total. The van der Waals surface area contributed by atoms with Gasteiger partial charge in [0, 0.05) is 23.8 Å². The summed E-state index contributed by atoms with van der Waals surface area (Å²) < 4.78 is 5.02. The summed E-state index contributed by atoms with van der Waals surface area (Å²) in [7, 11) is 1.50. The van der Waals surface area contributed by atoms with E-state index >= 15 is 0 Å². The number of anilines is 1. The van der Waals surface area contributed by atoms with Crippen molar-refractivity contribution in [2.24, 2.45) is 0 Å². The number of carbonyl (C=O) groups excluding carboxylic acids is 1. The number of benzene rings is 2. The molecule has 2 aromatic carbocycles. The molecule has 2 aromatic rings. The Bertz CT molecular complexity index is 704. The van der Waals surface area contributed by atoms with Gasteiger partial charge in [0.25, 0.3) is 5.91 Å². The van der Waals surface area contributed by atoms with E-state index in [2.05, 4.69) is 10.6 Å². The number of carbonyl (C=O) groups is 1. The monoisotopic (exact) mass is 334 g/mol. The lowest BCUT2D eigenvalue weighted by Crippen LogP contribution is -2.23. The highest BCUT2D eigenvalue weighted by molar-refractivity contribution is 6.31. The molecule has 0 aliphatic heterocycles. The SMILES string of the molecule is CCNC(=O)c1cc(Cl)ccc1NCc1ccc(OC)c(O)c1. The van der Waals surface area contributed by atoms with E-state index in [4.69, 9.17) is 16.3 Å². The largest absolute Gasteiger partial charge is 0.504 e. The van der Waals surface area contributed by atoms with Crippen molar-refractivity contribution < 1.29 is 14.6 Å². The standard InChI is InChI=1S/C17H19ClN2O3/c1-3-19-17(22)13-9-12(18)5-6-14(13)20-10-11-4-7-16(23-2)15(21)8-11/h4-9,20-21H,3,10H2,1-2H3,(H,19,22). The molecule has 0 saturated heterocycles. The van der Waals surface area contributed by atoms with Gasteiger partial charge in [-0.3, -0.25) is 4.79 Å². The summed E-state index contributed by atoms with van der Waals surface area (Å²) in [5.74, 6) is 0.310. The zero-order chi connectivity index (χ0) is 16.8. The number of nitrogens with one attached hydrogen (secondary N) is 2. The highest BCUT2D eigenvalue weighted by atomic mass is 35.5. The highest BCUT2D eigenvalue weighted by Gasteiger charge is 2.11. The second kappa shape index (κ2) is 7.74. The van der Waals surface area contributed by atoms with E-state index in [-0.39, 0.29) is 11.7 Å². The van der Waals surface area contributed by atoms with Crippen molar-refractivity contribution in [1.82, 2.24) is 5.32 Å². The first-order valence-corrected chi connectivity index (χ1v) is 7.60. The summed E-state index contributed by atoms with van der Waals surface area (Å²) >= 11 is 5.98. The number of aromatic hydroxyl groups is 1. The van der Waals surface area contributed by atoms with Crippen LogP contribution in [0, 0.1) is 0 Å². The Kier molecular flexibility index (Phi) is 5.71. The maximum absolute atomic E-state index is 12.1. The Balaban J connectivity index is 2.17. The topological polar surface area (TPSA) is 70.6 Å². The first-order chi connectivity index (χ1) is 11.0. The lowest BCUT2D eigenvalue weighted by Gasteiger charge is -2.13. The summed E-state index contributed by atoms with van der Waals surface area (Å²) in [6.45, 7) is 2.85. The number of rotatable bonds is 6. The Hall–Kier alpha value is -2.40. The summed E-state index contributed by atoms with van der Waals surface area (Å²) in [5.41, 5.74) is 2.02. The van der Waals surface area contributed by atoms with Crippen molar-refractivity contribution in [3.05, 3.63) is 52.5 Å². The smallest absolute Gasteiger partial charge is 0.253 e. The summed E-state index contributed by atoms with van der Waals surface area (Å²) in [4.78, 5) is 12.1. The Labute approximate surface area is 140 Å². The molecule has 0 fully saturated rings. The van der Waals surface area contributed by atoms with Crippen LogP contribution in [0.4, 0.5) is 5.69 Å². The average molecular weight is 335 g/mol. The summed E-state index contributed by atoms with van der Waals surface area (Å²) in [6, 6.07) is 10.3. The molecule has 3 N–H and O–H groups in total. The van der Waals surface area contributed by atoms with Crippen LogP contribution >= 0.6 is 11.6 Å². The fraction of sp³-hybridized carbons (Fsp3) is 0.235. The summed E-state index contributed by atoms with van der Waals surface area (Å²) in [5, 5.41) is 16.2. The second-order valence-electron chi connectivity index (χ2n) is 4.91. The molecule has 122 valence electrons. The van der Waals surface area contributed by atoms with E-state index in [1.165, 1.54) is 7.11 Å². The van der Waals surface area contributed by atoms with Gasteiger partial charge in [0.2, 0.25) is 0 Å². The summed E-state index contributed by atoms with van der Waals surface area (Å²) in [6.07, 6.45) is 0. The Morgan fingerprint density at radius 2 is 2.04 bits per heavy atom. The van der Waals surface area contributed by atoms with Crippen LogP contribution in [0.2, 0.25) is 5.02 Å². The van der Waals surface area contributed by atoms with Crippen LogP contribution < -0.4 is 15.4 Å². The van der Waals surface area contributed by atoms with Crippen molar-refractivity contribution in [2.75, 3.05) is 19.0 Å². The molecular weight excluding hydrogens is 316 g/mol. The predicted octanol–water partition coefficient (Wildman–Crippen LogP) is 3.42. The molecule has 1 amide bonds. The van der Waals surface area contributed by atoms with Gasteiger partial charge in [0.15, 0.2) is 11.5 Å². The number of methoxy groups -OCH3 is 1. The van der Waals surface area contributed by atoms with Crippen LogP contribution in [0.15, 0.2) is 36.4 Å². The van der Waals surface area contributed by atoms with Gasteiger partial charge < -0.3 is 20.5 Å². The molecule has 6 heteroatoms. The minimum atomic E-state index is -0.185. The van der Waals surface area contributed by atoms with Crippen molar-refractivity contribution >= 4 is 23.2 Å². The third kappa shape index (κ3) is 4.29. The van der Waals surface area contributed by atoms with Crippen LogP contribution in [0.25, 0.3) is 0 Å². The number of phenols is 1. The molecule has 0 saturated carbocycles. The van der Waals surface area contributed by atoms with Gasteiger partial charge in [-0.2, -0.15) is 0 Å². The minimum Gasteiger partial charge on any atom is -0.504 e. The van der Waals surface area contributed by atoms with Gasteiger partial charge in [-0.1, -0.05) is 17.7 Å². The Morgan fingerprint density at radius 1 is 1.26 bits per heavy atom. The molecule has 2 rings (SSSR count).